The molecule has 0 unspecified atom stereocenters. The fraction of sp³-hybridized carbons (Fsp3) is 0.667. The molecule has 0 radical (unpaired) electrons. The molecular weight excluding hydrogens is 374 g/mol. The second kappa shape index (κ2) is 9.74. The van der Waals surface area contributed by atoms with Crippen molar-refractivity contribution in [1.82, 2.24) is 10.0 Å². The predicted octanol–water partition coefficient (Wildman–Crippen LogP) is 3.43. The summed E-state index contributed by atoms with van der Waals surface area (Å²) in [5.41, 5.74) is 2.67. The molecule has 0 heterocycles. The van der Waals surface area contributed by atoms with Crippen molar-refractivity contribution in [2.24, 2.45) is 5.92 Å². The van der Waals surface area contributed by atoms with E-state index >= 15 is 0 Å². The Morgan fingerprint density at radius 3 is 2.29 bits per heavy atom. The molecule has 1 saturated carbocycles. The Balaban J connectivity index is 1.87. The smallest absolute Gasteiger partial charge is 0.251 e. The quantitative estimate of drug-likeness (QED) is 0.614. The van der Waals surface area contributed by atoms with Gasteiger partial charge < -0.3 is 10.6 Å². The molecule has 0 atom stereocenters. The van der Waals surface area contributed by atoms with E-state index in [1.165, 1.54) is 0 Å². The van der Waals surface area contributed by atoms with Crippen molar-refractivity contribution in [3.8, 4) is 0 Å². The molecular formula is C21H35N3O3S. The lowest BCUT2D eigenvalue weighted by Crippen LogP contribution is -2.41. The summed E-state index contributed by atoms with van der Waals surface area (Å²) in [5, 5.41) is 6.00. The molecule has 7 heteroatoms. The average molecular weight is 410 g/mol. The average Bonchev–Trinajstić information content (AvgIpc) is 2.59. The summed E-state index contributed by atoms with van der Waals surface area (Å²) in [5.74, 6) is 0.452. The highest BCUT2D eigenvalue weighted by Gasteiger charge is 2.26. The van der Waals surface area contributed by atoms with Crippen molar-refractivity contribution in [3.63, 3.8) is 0 Å². The molecule has 1 aromatic carbocycles. The van der Waals surface area contributed by atoms with Gasteiger partial charge in [-0.3, -0.25) is 4.79 Å². The van der Waals surface area contributed by atoms with Crippen LogP contribution in [-0.2, 0) is 10.0 Å². The Kier molecular flexibility index (Phi) is 7.89. The van der Waals surface area contributed by atoms with Gasteiger partial charge in [-0.25, -0.2) is 13.1 Å². The first-order valence-electron chi connectivity index (χ1n) is 10.2. The number of benzene rings is 1. The standard InChI is InChI=1S/C21H35N3O3S/c1-14(2)23-21(25)18-10-16(5)11-20(12-18)22-13-17-6-8-19(9-7-17)24-28(26,27)15(3)4/h10-12,14-15,17,19,22,24H,6-9,13H2,1-5H3,(H,23,25)/t17-,19-. The van der Waals surface area contributed by atoms with Crippen LogP contribution in [0.2, 0.25) is 0 Å². The van der Waals surface area contributed by atoms with Crippen LogP contribution in [0.3, 0.4) is 0 Å². The van der Waals surface area contributed by atoms with E-state index in [-0.39, 0.29) is 18.0 Å². The Morgan fingerprint density at radius 2 is 1.71 bits per heavy atom. The number of nitrogens with one attached hydrogen (secondary N) is 3. The van der Waals surface area contributed by atoms with Crippen LogP contribution >= 0.6 is 0 Å². The SMILES string of the molecule is Cc1cc(NC[C@H]2CC[C@H](NS(=O)(=O)C(C)C)CC2)cc(C(=O)NC(C)C)c1. The molecule has 1 aliphatic rings. The minimum atomic E-state index is -3.20. The maximum atomic E-state index is 12.3. The largest absolute Gasteiger partial charge is 0.385 e. The normalized spacial score (nSPS) is 20.4. The van der Waals surface area contributed by atoms with Crippen LogP contribution < -0.4 is 15.4 Å². The number of carbonyl (C=O) groups excluding carboxylic acids is 1. The molecule has 28 heavy (non-hydrogen) atoms. The van der Waals surface area contributed by atoms with E-state index in [4.69, 9.17) is 0 Å². The molecule has 1 fully saturated rings. The van der Waals surface area contributed by atoms with E-state index in [9.17, 15) is 13.2 Å². The third-order valence-electron chi connectivity index (χ3n) is 5.15. The number of hydrogen-bond donors (Lipinski definition) is 3. The number of amides is 1. The van der Waals surface area contributed by atoms with E-state index in [2.05, 4.69) is 21.4 Å². The van der Waals surface area contributed by atoms with Gasteiger partial charge in [0.05, 0.1) is 5.25 Å². The van der Waals surface area contributed by atoms with Crippen molar-refractivity contribution >= 4 is 21.6 Å². The molecule has 1 aliphatic carbocycles. The molecule has 6 nitrogen and oxygen atoms in total. The zero-order valence-corrected chi connectivity index (χ0v) is 18.5. The van der Waals surface area contributed by atoms with Crippen molar-refractivity contribution in [1.29, 1.82) is 0 Å². The Hall–Kier alpha value is -1.60. The lowest BCUT2D eigenvalue weighted by Gasteiger charge is -2.29. The van der Waals surface area contributed by atoms with Crippen LogP contribution in [0.15, 0.2) is 18.2 Å². The predicted molar refractivity (Wildman–Crippen MR) is 115 cm³/mol. The summed E-state index contributed by atoms with van der Waals surface area (Å²) in [6.07, 6.45) is 3.72. The fourth-order valence-electron chi connectivity index (χ4n) is 3.48. The maximum Gasteiger partial charge on any atom is 0.251 e. The molecule has 158 valence electrons. The van der Waals surface area contributed by atoms with E-state index in [0.717, 1.165) is 43.5 Å². The first-order valence-corrected chi connectivity index (χ1v) is 11.8. The molecule has 1 amide bonds. The van der Waals surface area contributed by atoms with Gasteiger partial charge in [-0.2, -0.15) is 0 Å². The molecule has 0 saturated heterocycles. The lowest BCUT2D eigenvalue weighted by atomic mass is 9.86. The molecule has 0 aliphatic heterocycles. The maximum absolute atomic E-state index is 12.3. The summed E-state index contributed by atoms with van der Waals surface area (Å²) >= 11 is 0. The number of hydrogen-bond acceptors (Lipinski definition) is 4. The number of sulfonamides is 1. The van der Waals surface area contributed by atoms with Gasteiger partial charge in [-0.1, -0.05) is 0 Å². The number of carbonyl (C=O) groups is 1. The first kappa shape index (κ1) is 22.7. The summed E-state index contributed by atoms with van der Waals surface area (Å²) in [4.78, 5) is 12.3. The topological polar surface area (TPSA) is 87.3 Å². The van der Waals surface area contributed by atoms with Crippen LogP contribution in [0.5, 0.6) is 0 Å². The van der Waals surface area contributed by atoms with Crippen LogP contribution in [0.1, 0.15) is 69.3 Å². The zero-order chi connectivity index (χ0) is 20.9. The van der Waals surface area contributed by atoms with Crippen molar-refractivity contribution < 1.29 is 13.2 Å². The fourth-order valence-corrected chi connectivity index (χ4v) is 4.45. The summed E-state index contributed by atoms with van der Waals surface area (Å²) in [7, 11) is -3.20. The van der Waals surface area contributed by atoms with Gasteiger partial charge in [-0.05, 0) is 90.0 Å². The molecule has 2 rings (SSSR count). The third-order valence-corrected chi connectivity index (χ3v) is 7.06. The number of anilines is 1. The van der Waals surface area contributed by atoms with Crippen molar-refractivity contribution in [2.45, 2.75) is 77.6 Å². The lowest BCUT2D eigenvalue weighted by molar-refractivity contribution is 0.0943. The Labute approximate surface area is 169 Å². The van der Waals surface area contributed by atoms with E-state index < -0.39 is 15.3 Å². The summed E-state index contributed by atoms with van der Waals surface area (Å²) in [6.45, 7) is 10.1. The number of aryl methyl sites for hydroxylation is 1. The van der Waals surface area contributed by atoms with Crippen molar-refractivity contribution in [3.05, 3.63) is 29.3 Å². The van der Waals surface area contributed by atoms with Crippen LogP contribution in [-0.4, -0.2) is 38.2 Å². The van der Waals surface area contributed by atoms with Gasteiger partial charge in [0.2, 0.25) is 10.0 Å². The highest BCUT2D eigenvalue weighted by atomic mass is 32.2. The monoisotopic (exact) mass is 409 g/mol. The van der Waals surface area contributed by atoms with Gasteiger partial charge in [-0.15, -0.1) is 0 Å². The van der Waals surface area contributed by atoms with Crippen molar-refractivity contribution in [2.75, 3.05) is 11.9 Å². The van der Waals surface area contributed by atoms with E-state index in [1.807, 2.05) is 32.9 Å². The minimum absolute atomic E-state index is 0.0500. The Morgan fingerprint density at radius 1 is 1.07 bits per heavy atom. The van der Waals surface area contributed by atoms with Crippen LogP contribution in [0.4, 0.5) is 5.69 Å². The second-order valence-corrected chi connectivity index (χ2v) is 10.8. The van der Waals surface area contributed by atoms with Crippen LogP contribution in [0, 0.1) is 12.8 Å². The highest BCUT2D eigenvalue weighted by Crippen LogP contribution is 2.26. The van der Waals surface area contributed by atoms with E-state index in [1.54, 1.807) is 13.8 Å². The van der Waals surface area contributed by atoms with E-state index in [0.29, 0.717) is 11.5 Å². The summed E-state index contributed by atoms with van der Waals surface area (Å²) < 4.78 is 26.9. The van der Waals surface area contributed by atoms with Gasteiger partial charge in [0, 0.05) is 29.9 Å². The van der Waals surface area contributed by atoms with Gasteiger partial charge in [0.15, 0.2) is 0 Å². The molecule has 0 spiro atoms. The first-order chi connectivity index (χ1) is 13.1. The minimum Gasteiger partial charge on any atom is -0.385 e. The van der Waals surface area contributed by atoms with Gasteiger partial charge in [0.1, 0.15) is 0 Å². The zero-order valence-electron chi connectivity index (χ0n) is 17.7. The highest BCUT2D eigenvalue weighted by molar-refractivity contribution is 7.90. The van der Waals surface area contributed by atoms with Crippen LogP contribution in [0.25, 0.3) is 0 Å². The van der Waals surface area contributed by atoms with Gasteiger partial charge in [0.25, 0.3) is 5.91 Å². The second-order valence-electron chi connectivity index (χ2n) is 8.53. The summed E-state index contributed by atoms with van der Waals surface area (Å²) in [6, 6.07) is 6.00. The molecule has 1 aromatic rings. The van der Waals surface area contributed by atoms with Gasteiger partial charge >= 0.3 is 0 Å². The molecule has 3 N–H and O–H groups in total. The number of rotatable bonds is 8. The third kappa shape index (κ3) is 6.78. The Bertz CT molecular complexity index is 767. The molecule has 0 aromatic heterocycles. The molecule has 0 bridgehead atoms.